The Bertz CT molecular complexity index is 1050. The normalized spacial score (nSPS) is 23.2. The van der Waals surface area contributed by atoms with Crippen molar-refractivity contribution in [2.24, 2.45) is 0 Å². The van der Waals surface area contributed by atoms with Crippen molar-refractivity contribution in [3.8, 4) is 5.75 Å². The van der Waals surface area contributed by atoms with E-state index in [0.29, 0.717) is 17.9 Å². The van der Waals surface area contributed by atoms with Gasteiger partial charge in [-0.05, 0) is 37.3 Å². The number of hydrogen-bond acceptors (Lipinski definition) is 4. The van der Waals surface area contributed by atoms with Gasteiger partial charge in [-0.15, -0.1) is 0 Å². The molecule has 2 aromatic carbocycles. The predicted molar refractivity (Wildman–Crippen MR) is 102 cm³/mol. The molecule has 3 aromatic rings. The molecular weight excluding hydrogens is 356 g/mol. The minimum Gasteiger partial charge on any atom is -0.467 e. The number of carbonyl (C=O) groups is 2. The Kier molecular flexibility index (Phi) is 3.55. The molecule has 2 aliphatic heterocycles. The first-order chi connectivity index (χ1) is 13.6. The number of fused-ring (bicyclic) bond motifs is 4. The van der Waals surface area contributed by atoms with Gasteiger partial charge in [-0.1, -0.05) is 36.4 Å². The molecule has 6 heteroatoms. The Morgan fingerprint density at radius 1 is 1.04 bits per heavy atom. The van der Waals surface area contributed by atoms with Crippen LogP contribution in [0.15, 0.2) is 77.4 Å². The largest absolute Gasteiger partial charge is 0.467 e. The number of imide groups is 1. The Morgan fingerprint density at radius 2 is 1.79 bits per heavy atom. The second-order valence-corrected chi connectivity index (χ2v) is 7.14. The van der Waals surface area contributed by atoms with Gasteiger partial charge in [0.15, 0.2) is 11.5 Å². The van der Waals surface area contributed by atoms with Gasteiger partial charge in [0, 0.05) is 17.7 Å². The molecular formula is C22H18N2O4. The van der Waals surface area contributed by atoms with Crippen molar-refractivity contribution in [1.29, 1.82) is 0 Å². The van der Waals surface area contributed by atoms with E-state index in [4.69, 9.17) is 9.15 Å². The third-order valence-electron chi connectivity index (χ3n) is 5.33. The number of nitrogens with zero attached hydrogens (tertiary/aromatic N) is 2. The van der Waals surface area contributed by atoms with E-state index < -0.39 is 23.7 Å². The van der Waals surface area contributed by atoms with Crippen molar-refractivity contribution in [3.05, 3.63) is 84.3 Å². The second-order valence-electron chi connectivity index (χ2n) is 7.14. The molecule has 2 atom stereocenters. The Balaban J connectivity index is 1.69. The lowest BCUT2D eigenvalue weighted by atomic mass is 9.88. The van der Waals surface area contributed by atoms with Crippen molar-refractivity contribution in [2.75, 3.05) is 4.90 Å². The van der Waals surface area contributed by atoms with Crippen LogP contribution in [0.25, 0.3) is 0 Å². The van der Waals surface area contributed by atoms with Crippen molar-refractivity contribution in [3.63, 3.8) is 0 Å². The lowest BCUT2D eigenvalue weighted by Gasteiger charge is -2.53. The summed E-state index contributed by atoms with van der Waals surface area (Å²) >= 11 is 0. The van der Waals surface area contributed by atoms with Gasteiger partial charge in [0.25, 0.3) is 5.91 Å². The molecule has 3 amide bonds. The van der Waals surface area contributed by atoms with Crippen LogP contribution in [0.4, 0.5) is 10.5 Å². The molecule has 3 heterocycles. The van der Waals surface area contributed by atoms with E-state index in [2.05, 4.69) is 0 Å². The molecule has 0 N–H and O–H groups in total. The van der Waals surface area contributed by atoms with Crippen LogP contribution in [0, 0.1) is 0 Å². The first kappa shape index (κ1) is 16.6. The monoisotopic (exact) mass is 374 g/mol. The standard InChI is InChI=1S/C22H18N2O4/c1-22-14-17(16-10-5-6-11-18(16)28-22)23(20(25)19-12-7-13-27-19)21(26)24(22)15-8-3-2-4-9-15/h2-13,17H,14H2,1H3/t17-,22+/m0/s1. The number of hydrogen-bond donors (Lipinski definition) is 0. The average molecular weight is 374 g/mol. The van der Waals surface area contributed by atoms with E-state index >= 15 is 0 Å². The number of urea groups is 1. The van der Waals surface area contributed by atoms with Gasteiger partial charge in [-0.25, -0.2) is 9.69 Å². The molecule has 140 valence electrons. The van der Waals surface area contributed by atoms with Crippen molar-refractivity contribution in [2.45, 2.75) is 25.1 Å². The predicted octanol–water partition coefficient (Wildman–Crippen LogP) is 4.60. The van der Waals surface area contributed by atoms with Crippen molar-refractivity contribution in [1.82, 2.24) is 4.90 Å². The number of carbonyl (C=O) groups excluding carboxylic acids is 2. The molecule has 2 bridgehead atoms. The fourth-order valence-corrected chi connectivity index (χ4v) is 4.11. The molecule has 0 unspecified atom stereocenters. The molecule has 0 saturated carbocycles. The number of ether oxygens (including phenoxy) is 1. The molecule has 6 nitrogen and oxygen atoms in total. The highest BCUT2D eigenvalue weighted by Gasteiger charge is 2.55. The molecule has 0 radical (unpaired) electrons. The summed E-state index contributed by atoms with van der Waals surface area (Å²) in [5, 5.41) is 0. The maximum atomic E-state index is 13.6. The quantitative estimate of drug-likeness (QED) is 0.658. The van der Waals surface area contributed by atoms with Gasteiger partial charge in [0.1, 0.15) is 5.75 Å². The summed E-state index contributed by atoms with van der Waals surface area (Å²) in [7, 11) is 0. The smallest absolute Gasteiger partial charge is 0.335 e. The third-order valence-corrected chi connectivity index (χ3v) is 5.33. The number of amides is 3. The highest BCUT2D eigenvalue weighted by molar-refractivity contribution is 6.09. The Hall–Kier alpha value is -3.54. The van der Waals surface area contributed by atoms with Gasteiger partial charge in [0.05, 0.1) is 12.3 Å². The zero-order valence-electron chi connectivity index (χ0n) is 15.2. The summed E-state index contributed by atoms with van der Waals surface area (Å²) in [6.45, 7) is 1.88. The van der Waals surface area contributed by atoms with Crippen LogP contribution in [-0.4, -0.2) is 22.6 Å². The van der Waals surface area contributed by atoms with E-state index in [-0.39, 0.29) is 5.76 Å². The number of para-hydroxylation sites is 2. The van der Waals surface area contributed by atoms with E-state index in [1.165, 1.54) is 11.2 Å². The molecule has 5 rings (SSSR count). The van der Waals surface area contributed by atoms with Gasteiger partial charge >= 0.3 is 6.03 Å². The highest BCUT2D eigenvalue weighted by atomic mass is 16.5. The lowest BCUT2D eigenvalue weighted by Crippen LogP contribution is -2.67. The second kappa shape index (κ2) is 5.99. The van der Waals surface area contributed by atoms with E-state index in [0.717, 1.165) is 5.56 Å². The topological polar surface area (TPSA) is 63.0 Å². The first-order valence-corrected chi connectivity index (χ1v) is 9.13. The zero-order chi connectivity index (χ0) is 19.3. The molecule has 1 aromatic heterocycles. The van der Waals surface area contributed by atoms with E-state index in [1.807, 2.05) is 61.5 Å². The lowest BCUT2D eigenvalue weighted by molar-refractivity contribution is 0.00174. The summed E-state index contributed by atoms with van der Waals surface area (Å²) in [5.41, 5.74) is 0.586. The Morgan fingerprint density at radius 3 is 2.54 bits per heavy atom. The summed E-state index contributed by atoms with van der Waals surface area (Å²) in [4.78, 5) is 29.6. The number of anilines is 1. The minimum atomic E-state index is -0.905. The fourth-order valence-electron chi connectivity index (χ4n) is 4.11. The van der Waals surface area contributed by atoms with Crippen LogP contribution in [0.2, 0.25) is 0 Å². The molecule has 1 saturated heterocycles. The molecule has 1 fully saturated rings. The van der Waals surface area contributed by atoms with Gasteiger partial charge < -0.3 is 9.15 Å². The summed E-state index contributed by atoms with van der Waals surface area (Å²) in [5.74, 6) is 0.348. The minimum absolute atomic E-state index is 0.133. The molecule has 0 spiro atoms. The van der Waals surface area contributed by atoms with E-state index in [1.54, 1.807) is 17.0 Å². The molecule has 0 aliphatic carbocycles. The Labute approximate surface area is 161 Å². The van der Waals surface area contributed by atoms with Gasteiger partial charge in [0.2, 0.25) is 0 Å². The molecule has 2 aliphatic rings. The van der Waals surface area contributed by atoms with Crippen LogP contribution in [-0.2, 0) is 0 Å². The van der Waals surface area contributed by atoms with Crippen LogP contribution < -0.4 is 9.64 Å². The zero-order valence-corrected chi connectivity index (χ0v) is 15.2. The van der Waals surface area contributed by atoms with Crippen LogP contribution >= 0.6 is 0 Å². The van der Waals surface area contributed by atoms with Crippen LogP contribution in [0.1, 0.15) is 35.5 Å². The van der Waals surface area contributed by atoms with E-state index in [9.17, 15) is 9.59 Å². The summed E-state index contributed by atoms with van der Waals surface area (Å²) < 4.78 is 11.6. The number of furan rings is 1. The third kappa shape index (κ3) is 2.34. The SMILES string of the molecule is C[C@]12C[C@@H](c3ccccc3O1)N(C(=O)c1ccco1)C(=O)N2c1ccccc1. The maximum absolute atomic E-state index is 13.6. The number of rotatable bonds is 2. The van der Waals surface area contributed by atoms with Gasteiger partial charge in [-0.3, -0.25) is 9.69 Å². The summed E-state index contributed by atoms with van der Waals surface area (Å²) in [6.07, 6.45) is 1.88. The highest BCUT2D eigenvalue weighted by Crippen LogP contribution is 2.49. The summed E-state index contributed by atoms with van der Waals surface area (Å²) in [6, 6.07) is 19.1. The average Bonchev–Trinajstić information content (AvgIpc) is 3.23. The fraction of sp³-hybridized carbons (Fsp3) is 0.182. The van der Waals surface area contributed by atoms with Crippen molar-refractivity contribution < 1.29 is 18.7 Å². The number of benzene rings is 2. The molecule has 28 heavy (non-hydrogen) atoms. The van der Waals surface area contributed by atoms with Gasteiger partial charge in [-0.2, -0.15) is 0 Å². The van der Waals surface area contributed by atoms with Crippen LogP contribution in [0.3, 0.4) is 0 Å². The van der Waals surface area contributed by atoms with Crippen LogP contribution in [0.5, 0.6) is 5.75 Å². The van der Waals surface area contributed by atoms with Crippen molar-refractivity contribution >= 4 is 17.6 Å². The maximum Gasteiger partial charge on any atom is 0.335 e. The first-order valence-electron chi connectivity index (χ1n) is 9.13.